The Kier molecular flexibility index (Phi) is 8.10. The second-order valence-corrected chi connectivity index (χ2v) is 11.5. The first-order valence-electron chi connectivity index (χ1n) is 13.0. The van der Waals surface area contributed by atoms with Crippen molar-refractivity contribution in [2.45, 2.75) is 111 Å². The molecule has 7 atom stereocenters. The number of aliphatic hydroxyl groups excluding tert-OH is 1. The molecule has 0 aromatic heterocycles. The van der Waals surface area contributed by atoms with Crippen molar-refractivity contribution in [1.29, 1.82) is 0 Å². The van der Waals surface area contributed by atoms with Crippen LogP contribution in [0.4, 0.5) is 0 Å². The van der Waals surface area contributed by atoms with Crippen molar-refractivity contribution < 1.29 is 5.11 Å². The topological polar surface area (TPSA) is 20.2 Å². The van der Waals surface area contributed by atoms with Gasteiger partial charge in [-0.2, -0.15) is 0 Å². The Morgan fingerprint density at radius 2 is 1.97 bits per heavy atom. The molecule has 0 aromatic rings. The van der Waals surface area contributed by atoms with Gasteiger partial charge in [-0.25, -0.2) is 0 Å². The smallest absolute Gasteiger partial charge is 0.0789 e. The molecule has 0 saturated heterocycles. The van der Waals surface area contributed by atoms with Gasteiger partial charge in [0.15, 0.2) is 0 Å². The van der Waals surface area contributed by atoms with Gasteiger partial charge in [-0.1, -0.05) is 84.6 Å². The van der Waals surface area contributed by atoms with E-state index in [1.807, 2.05) is 0 Å². The van der Waals surface area contributed by atoms with E-state index in [-0.39, 0.29) is 6.10 Å². The molecule has 0 aliphatic heterocycles. The largest absolute Gasteiger partial charge is 0.388 e. The average molecular weight is 413 g/mol. The third-order valence-corrected chi connectivity index (χ3v) is 9.29. The van der Waals surface area contributed by atoms with E-state index in [0.29, 0.717) is 11.3 Å². The average Bonchev–Trinajstić information content (AvgIpc) is 3.06. The standard InChI is InChI=1S/C29H48O/c1-7-20(2)10-8-11-22(4)26-15-16-27-24(12-9-17-29(26,27)6)13-14-25-18-21(3)19-28(30)23(25)5/h13-14,20-22,26-28,30H,5,7-12,15-19H2,1-4,6H3/b24-13+,25-14+/t20?,21-,22-,26-,27+,28+,29-/m1/s1. The number of hydrogen-bond donors (Lipinski definition) is 1. The summed E-state index contributed by atoms with van der Waals surface area (Å²) in [6.45, 7) is 16.3. The van der Waals surface area contributed by atoms with Crippen LogP contribution in [0.3, 0.4) is 0 Å². The zero-order valence-electron chi connectivity index (χ0n) is 20.6. The van der Waals surface area contributed by atoms with Crippen LogP contribution < -0.4 is 0 Å². The van der Waals surface area contributed by atoms with Crippen LogP contribution in [0.5, 0.6) is 0 Å². The third-order valence-electron chi connectivity index (χ3n) is 9.29. The number of fused-ring (bicyclic) bond motifs is 1. The molecule has 3 rings (SSSR count). The maximum atomic E-state index is 10.3. The SMILES string of the molecule is C=C1/C(=C/C=C2\CCC[C@]3(C)[C@@H]([C@H](C)CCCC(C)CC)CC[C@@H]23)C[C@@H](C)C[C@@H]1O. The van der Waals surface area contributed by atoms with Crippen molar-refractivity contribution in [2.75, 3.05) is 0 Å². The lowest BCUT2D eigenvalue weighted by atomic mass is 9.60. The van der Waals surface area contributed by atoms with Gasteiger partial charge in [0.2, 0.25) is 0 Å². The molecule has 170 valence electrons. The molecule has 0 amide bonds. The molecule has 0 heterocycles. The molecule has 1 unspecified atom stereocenters. The molecule has 0 bridgehead atoms. The minimum atomic E-state index is -0.345. The van der Waals surface area contributed by atoms with E-state index in [9.17, 15) is 5.11 Å². The van der Waals surface area contributed by atoms with Crippen LogP contribution >= 0.6 is 0 Å². The molecule has 0 spiro atoms. The molecule has 3 fully saturated rings. The van der Waals surface area contributed by atoms with Crippen molar-refractivity contribution in [2.24, 2.45) is 35.0 Å². The van der Waals surface area contributed by atoms with Gasteiger partial charge in [0.1, 0.15) is 0 Å². The number of aliphatic hydroxyl groups is 1. The molecule has 0 radical (unpaired) electrons. The molecule has 1 nitrogen and oxygen atoms in total. The summed E-state index contributed by atoms with van der Waals surface area (Å²) >= 11 is 0. The van der Waals surface area contributed by atoms with Crippen LogP contribution in [0.25, 0.3) is 0 Å². The van der Waals surface area contributed by atoms with Crippen LogP contribution in [-0.2, 0) is 0 Å². The van der Waals surface area contributed by atoms with Crippen LogP contribution in [-0.4, -0.2) is 11.2 Å². The summed E-state index contributed by atoms with van der Waals surface area (Å²) in [6.07, 6.45) is 18.7. The third kappa shape index (κ3) is 5.14. The molecule has 3 aliphatic carbocycles. The molecule has 0 aromatic carbocycles. The van der Waals surface area contributed by atoms with Gasteiger partial charge in [0, 0.05) is 0 Å². The van der Waals surface area contributed by atoms with Crippen molar-refractivity contribution in [3.8, 4) is 0 Å². The lowest BCUT2D eigenvalue weighted by molar-refractivity contribution is 0.0927. The maximum Gasteiger partial charge on any atom is 0.0789 e. The molecule has 1 heteroatoms. The highest BCUT2D eigenvalue weighted by Crippen LogP contribution is 2.60. The molecule has 3 saturated carbocycles. The van der Waals surface area contributed by atoms with E-state index in [2.05, 4.69) is 53.3 Å². The van der Waals surface area contributed by atoms with Gasteiger partial charge >= 0.3 is 0 Å². The fraction of sp³-hybridized carbons (Fsp3) is 0.793. The molecular weight excluding hydrogens is 364 g/mol. The Morgan fingerprint density at radius 1 is 1.20 bits per heavy atom. The Labute approximate surface area is 187 Å². The zero-order valence-corrected chi connectivity index (χ0v) is 20.6. The minimum Gasteiger partial charge on any atom is -0.388 e. The second kappa shape index (κ2) is 10.2. The van der Waals surface area contributed by atoms with Crippen molar-refractivity contribution >= 4 is 0 Å². The Bertz CT molecular complexity index is 655. The first-order chi connectivity index (χ1) is 14.3. The first kappa shape index (κ1) is 23.8. The lowest BCUT2D eigenvalue weighted by Crippen LogP contribution is -2.36. The van der Waals surface area contributed by atoms with Gasteiger partial charge in [-0.15, -0.1) is 0 Å². The van der Waals surface area contributed by atoms with Crippen LogP contribution in [0.15, 0.2) is 35.5 Å². The molecular formula is C29H48O. The quantitative estimate of drug-likeness (QED) is 0.446. The first-order valence-corrected chi connectivity index (χ1v) is 13.0. The van der Waals surface area contributed by atoms with Crippen molar-refractivity contribution in [3.63, 3.8) is 0 Å². The van der Waals surface area contributed by atoms with E-state index in [1.165, 1.54) is 63.4 Å². The summed E-state index contributed by atoms with van der Waals surface area (Å²) in [5.41, 5.74) is 4.43. The fourth-order valence-corrected chi connectivity index (χ4v) is 7.12. The zero-order chi connectivity index (χ0) is 21.9. The predicted octanol–water partition coefficient (Wildman–Crippen LogP) is 8.26. The van der Waals surface area contributed by atoms with E-state index in [1.54, 1.807) is 5.57 Å². The second-order valence-electron chi connectivity index (χ2n) is 11.5. The minimum absolute atomic E-state index is 0.345. The summed E-state index contributed by atoms with van der Waals surface area (Å²) in [7, 11) is 0. The Morgan fingerprint density at radius 3 is 2.70 bits per heavy atom. The van der Waals surface area contributed by atoms with Gasteiger partial charge in [-0.3, -0.25) is 0 Å². The summed E-state index contributed by atoms with van der Waals surface area (Å²) in [4.78, 5) is 0. The highest BCUT2D eigenvalue weighted by atomic mass is 16.3. The summed E-state index contributed by atoms with van der Waals surface area (Å²) in [6, 6.07) is 0. The summed E-state index contributed by atoms with van der Waals surface area (Å²) in [5, 5.41) is 10.3. The monoisotopic (exact) mass is 412 g/mol. The number of rotatable bonds is 7. The Balaban J connectivity index is 1.69. The van der Waals surface area contributed by atoms with E-state index in [0.717, 1.165) is 42.1 Å². The highest BCUT2D eigenvalue weighted by Gasteiger charge is 2.50. The van der Waals surface area contributed by atoms with Crippen LogP contribution in [0, 0.1) is 35.0 Å². The fourth-order valence-electron chi connectivity index (χ4n) is 7.12. The van der Waals surface area contributed by atoms with Crippen LogP contribution in [0.2, 0.25) is 0 Å². The van der Waals surface area contributed by atoms with E-state index >= 15 is 0 Å². The van der Waals surface area contributed by atoms with Gasteiger partial charge in [-0.05, 0) is 91.1 Å². The van der Waals surface area contributed by atoms with Crippen molar-refractivity contribution in [3.05, 3.63) is 35.5 Å². The number of hydrogen-bond acceptors (Lipinski definition) is 1. The number of allylic oxidation sites excluding steroid dienone is 3. The normalized spacial score (nSPS) is 39.3. The van der Waals surface area contributed by atoms with Crippen LogP contribution in [0.1, 0.15) is 105 Å². The van der Waals surface area contributed by atoms with Crippen molar-refractivity contribution in [1.82, 2.24) is 0 Å². The Hall–Kier alpha value is -0.820. The summed E-state index contributed by atoms with van der Waals surface area (Å²) in [5.74, 6) is 3.96. The summed E-state index contributed by atoms with van der Waals surface area (Å²) < 4.78 is 0. The van der Waals surface area contributed by atoms with Gasteiger partial charge < -0.3 is 5.11 Å². The van der Waals surface area contributed by atoms with Gasteiger partial charge in [0.25, 0.3) is 0 Å². The predicted molar refractivity (Wildman–Crippen MR) is 130 cm³/mol. The molecule has 30 heavy (non-hydrogen) atoms. The molecule has 1 N–H and O–H groups in total. The maximum absolute atomic E-state index is 10.3. The van der Waals surface area contributed by atoms with Gasteiger partial charge in [0.05, 0.1) is 6.10 Å². The highest BCUT2D eigenvalue weighted by molar-refractivity contribution is 5.38. The lowest BCUT2D eigenvalue weighted by Gasteiger charge is -2.44. The van der Waals surface area contributed by atoms with E-state index < -0.39 is 0 Å². The van der Waals surface area contributed by atoms with E-state index in [4.69, 9.17) is 0 Å². The molecule has 3 aliphatic rings.